The zero-order chi connectivity index (χ0) is 20.7. The second-order valence-electron chi connectivity index (χ2n) is 8.34. The normalized spacial score (nSPS) is 16.2. The molecule has 0 atom stereocenters. The maximum Gasteiger partial charge on any atom is 0.119 e. The predicted octanol–water partition coefficient (Wildman–Crippen LogP) is 4.84. The van der Waals surface area contributed by atoms with Crippen molar-refractivity contribution in [1.29, 1.82) is 5.26 Å². The van der Waals surface area contributed by atoms with Gasteiger partial charge in [-0.1, -0.05) is 25.5 Å². The van der Waals surface area contributed by atoms with Crippen LogP contribution in [0.25, 0.3) is 0 Å². The summed E-state index contributed by atoms with van der Waals surface area (Å²) in [6, 6.07) is 18.6. The van der Waals surface area contributed by atoms with Crippen LogP contribution >= 0.6 is 0 Å². The molecule has 29 heavy (non-hydrogen) atoms. The Morgan fingerprint density at radius 1 is 1.03 bits per heavy atom. The molecule has 1 fully saturated rings. The van der Waals surface area contributed by atoms with Crippen molar-refractivity contribution in [2.75, 3.05) is 45.2 Å². The van der Waals surface area contributed by atoms with Crippen LogP contribution in [0.4, 0.5) is 5.69 Å². The minimum absolute atomic E-state index is 0.0292. The van der Waals surface area contributed by atoms with E-state index in [1.807, 2.05) is 24.3 Å². The summed E-state index contributed by atoms with van der Waals surface area (Å²) in [5.41, 5.74) is 3.28. The van der Waals surface area contributed by atoms with Crippen LogP contribution in [-0.2, 0) is 5.41 Å². The number of likely N-dealkylation sites (tertiary alicyclic amines) is 1. The fraction of sp³-hybridized carbons (Fsp3) is 0.480. The SMILES string of the molecule is CCCCN1CCC(COc2ccc(C#N)cc2)(c2ccc(N(C)C)cc2)CC1. The first-order valence-corrected chi connectivity index (χ1v) is 10.7. The predicted molar refractivity (Wildman–Crippen MR) is 120 cm³/mol. The number of hydrogen-bond donors (Lipinski definition) is 0. The summed E-state index contributed by atoms with van der Waals surface area (Å²) in [5.74, 6) is 0.835. The number of nitriles is 1. The Bertz CT molecular complexity index is 797. The number of rotatable bonds is 8. The molecule has 4 heteroatoms. The number of benzene rings is 2. The highest BCUT2D eigenvalue weighted by molar-refractivity contribution is 5.47. The minimum Gasteiger partial charge on any atom is -0.493 e. The van der Waals surface area contributed by atoms with E-state index in [2.05, 4.69) is 61.2 Å². The Balaban J connectivity index is 1.77. The molecule has 0 aromatic heterocycles. The summed E-state index contributed by atoms with van der Waals surface area (Å²) in [4.78, 5) is 4.73. The molecule has 1 heterocycles. The van der Waals surface area contributed by atoms with Crippen molar-refractivity contribution < 1.29 is 4.74 Å². The third kappa shape index (κ3) is 5.31. The Labute approximate surface area is 175 Å². The molecule has 0 unspecified atom stereocenters. The largest absolute Gasteiger partial charge is 0.493 e. The molecular weight excluding hydrogens is 358 g/mol. The van der Waals surface area contributed by atoms with Crippen LogP contribution < -0.4 is 9.64 Å². The molecule has 0 saturated carbocycles. The standard InChI is InChI=1S/C25H33N3O/c1-4-5-16-28-17-14-25(15-18-28,22-8-10-23(11-9-22)27(2)3)20-29-24-12-6-21(19-26)7-13-24/h6-13H,4-5,14-18,20H2,1-3H3. The van der Waals surface area contributed by atoms with Gasteiger partial charge in [0.2, 0.25) is 0 Å². The van der Waals surface area contributed by atoms with Crippen molar-refractivity contribution in [3.63, 3.8) is 0 Å². The summed E-state index contributed by atoms with van der Waals surface area (Å²) < 4.78 is 6.26. The lowest BCUT2D eigenvalue weighted by Gasteiger charge is -2.42. The zero-order valence-corrected chi connectivity index (χ0v) is 18.0. The summed E-state index contributed by atoms with van der Waals surface area (Å²) in [6.07, 6.45) is 4.73. The smallest absolute Gasteiger partial charge is 0.119 e. The van der Waals surface area contributed by atoms with E-state index >= 15 is 0 Å². The van der Waals surface area contributed by atoms with Crippen molar-refractivity contribution in [1.82, 2.24) is 4.90 Å². The molecule has 4 nitrogen and oxygen atoms in total. The average Bonchev–Trinajstić information content (AvgIpc) is 2.77. The highest BCUT2D eigenvalue weighted by Gasteiger charge is 2.37. The molecule has 0 spiro atoms. The molecule has 0 N–H and O–H groups in total. The van der Waals surface area contributed by atoms with Gasteiger partial charge in [-0.3, -0.25) is 0 Å². The van der Waals surface area contributed by atoms with Gasteiger partial charge in [-0.05, 0) is 80.9 Å². The number of nitrogens with zero attached hydrogens (tertiary/aromatic N) is 3. The summed E-state index contributed by atoms with van der Waals surface area (Å²) >= 11 is 0. The van der Waals surface area contributed by atoms with Crippen LogP contribution in [0.15, 0.2) is 48.5 Å². The van der Waals surface area contributed by atoms with Crippen LogP contribution in [0.2, 0.25) is 0 Å². The van der Waals surface area contributed by atoms with Crippen molar-refractivity contribution in [2.45, 2.75) is 38.0 Å². The molecule has 0 aliphatic carbocycles. The number of hydrogen-bond acceptors (Lipinski definition) is 4. The maximum absolute atomic E-state index is 9.00. The highest BCUT2D eigenvalue weighted by atomic mass is 16.5. The lowest BCUT2D eigenvalue weighted by Crippen LogP contribution is -2.46. The van der Waals surface area contributed by atoms with Crippen LogP contribution in [0.1, 0.15) is 43.7 Å². The van der Waals surface area contributed by atoms with E-state index in [4.69, 9.17) is 10.00 Å². The van der Waals surface area contributed by atoms with E-state index in [9.17, 15) is 0 Å². The first-order chi connectivity index (χ1) is 14.1. The van der Waals surface area contributed by atoms with Gasteiger partial charge in [-0.15, -0.1) is 0 Å². The Kier molecular flexibility index (Phi) is 7.17. The van der Waals surface area contributed by atoms with Gasteiger partial charge in [0.15, 0.2) is 0 Å². The quantitative estimate of drug-likeness (QED) is 0.646. The summed E-state index contributed by atoms with van der Waals surface area (Å²) in [7, 11) is 4.15. The van der Waals surface area contributed by atoms with Gasteiger partial charge < -0.3 is 14.5 Å². The van der Waals surface area contributed by atoms with Crippen LogP contribution in [0, 0.1) is 11.3 Å². The van der Waals surface area contributed by atoms with Gasteiger partial charge in [0.1, 0.15) is 5.75 Å². The molecule has 1 aliphatic rings. The fourth-order valence-corrected chi connectivity index (χ4v) is 4.06. The van der Waals surface area contributed by atoms with Crippen LogP contribution in [-0.4, -0.2) is 45.2 Å². The van der Waals surface area contributed by atoms with Crippen molar-refractivity contribution in [3.8, 4) is 11.8 Å². The fourth-order valence-electron chi connectivity index (χ4n) is 4.06. The molecule has 3 rings (SSSR count). The van der Waals surface area contributed by atoms with Crippen molar-refractivity contribution >= 4 is 5.69 Å². The molecule has 2 aromatic carbocycles. The first-order valence-electron chi connectivity index (χ1n) is 10.7. The van der Waals surface area contributed by atoms with E-state index in [0.717, 1.165) is 31.7 Å². The van der Waals surface area contributed by atoms with Gasteiger partial charge >= 0.3 is 0 Å². The van der Waals surface area contributed by atoms with E-state index in [1.54, 1.807) is 0 Å². The number of anilines is 1. The van der Waals surface area contributed by atoms with Gasteiger partial charge in [-0.25, -0.2) is 0 Å². The Morgan fingerprint density at radius 2 is 1.69 bits per heavy atom. The monoisotopic (exact) mass is 391 g/mol. The molecule has 1 saturated heterocycles. The number of piperidine rings is 1. The lowest BCUT2D eigenvalue weighted by molar-refractivity contribution is 0.110. The first kappa shape index (κ1) is 21.2. The average molecular weight is 392 g/mol. The molecule has 0 bridgehead atoms. The molecule has 154 valence electrons. The molecule has 0 radical (unpaired) electrons. The third-order valence-electron chi connectivity index (χ3n) is 6.14. The minimum atomic E-state index is 0.0292. The Morgan fingerprint density at radius 3 is 2.24 bits per heavy atom. The van der Waals surface area contributed by atoms with Gasteiger partial charge in [0, 0.05) is 25.2 Å². The maximum atomic E-state index is 9.00. The molecule has 1 aliphatic heterocycles. The van der Waals surface area contributed by atoms with Crippen LogP contribution in [0.5, 0.6) is 5.75 Å². The lowest BCUT2D eigenvalue weighted by atomic mass is 9.73. The molecule has 2 aromatic rings. The summed E-state index contributed by atoms with van der Waals surface area (Å²) in [5, 5.41) is 9.00. The number of ether oxygens (including phenoxy) is 1. The summed E-state index contributed by atoms with van der Waals surface area (Å²) in [6.45, 7) is 6.36. The molecule has 0 amide bonds. The highest BCUT2D eigenvalue weighted by Crippen LogP contribution is 2.37. The van der Waals surface area contributed by atoms with E-state index in [0.29, 0.717) is 12.2 Å². The molecular formula is C25H33N3O. The van der Waals surface area contributed by atoms with E-state index in [1.165, 1.54) is 30.6 Å². The van der Waals surface area contributed by atoms with Crippen LogP contribution in [0.3, 0.4) is 0 Å². The second kappa shape index (κ2) is 9.80. The van der Waals surface area contributed by atoms with Gasteiger partial charge in [-0.2, -0.15) is 5.26 Å². The zero-order valence-electron chi connectivity index (χ0n) is 18.0. The third-order valence-corrected chi connectivity index (χ3v) is 6.14. The Hall–Kier alpha value is -2.51. The van der Waals surface area contributed by atoms with Gasteiger partial charge in [0.25, 0.3) is 0 Å². The van der Waals surface area contributed by atoms with Crippen molar-refractivity contribution in [3.05, 3.63) is 59.7 Å². The van der Waals surface area contributed by atoms with E-state index in [-0.39, 0.29) is 5.41 Å². The van der Waals surface area contributed by atoms with E-state index < -0.39 is 0 Å². The van der Waals surface area contributed by atoms with Gasteiger partial charge in [0.05, 0.1) is 18.2 Å². The van der Waals surface area contributed by atoms with Crippen molar-refractivity contribution in [2.24, 2.45) is 0 Å². The topological polar surface area (TPSA) is 39.5 Å². The number of unbranched alkanes of at least 4 members (excludes halogenated alkanes) is 1. The second-order valence-corrected chi connectivity index (χ2v) is 8.34.